The Bertz CT molecular complexity index is 764. The zero-order valence-electron chi connectivity index (χ0n) is 11.3. The van der Waals surface area contributed by atoms with E-state index < -0.39 is 43.6 Å². The van der Waals surface area contributed by atoms with Gasteiger partial charge in [-0.2, -0.15) is 43.2 Å². The normalized spacial score (nSPS) is 13.8. The van der Waals surface area contributed by atoms with Crippen molar-refractivity contribution in [3.63, 3.8) is 0 Å². The van der Waals surface area contributed by atoms with Gasteiger partial charge in [-0.05, 0) is 24.1 Å². The van der Waals surface area contributed by atoms with E-state index in [2.05, 4.69) is 8.37 Å². The van der Waals surface area contributed by atoms with Gasteiger partial charge in [0.1, 0.15) is 5.75 Å². The molecule has 0 spiro atoms. The van der Waals surface area contributed by atoms with Crippen LogP contribution >= 0.6 is 0 Å². The highest BCUT2D eigenvalue weighted by atomic mass is 32.2. The van der Waals surface area contributed by atoms with E-state index in [9.17, 15) is 43.2 Å². The molecule has 6 nitrogen and oxygen atoms in total. The van der Waals surface area contributed by atoms with Crippen LogP contribution in [0.3, 0.4) is 0 Å². The molecule has 0 bridgehead atoms. The van der Waals surface area contributed by atoms with Crippen molar-refractivity contribution in [1.29, 1.82) is 0 Å². The molecule has 0 aliphatic rings. The van der Waals surface area contributed by atoms with Gasteiger partial charge in [-0.1, -0.05) is 12.1 Å². The molecule has 0 radical (unpaired) electrons. The molecule has 0 heterocycles. The van der Waals surface area contributed by atoms with Crippen molar-refractivity contribution in [2.75, 3.05) is 6.61 Å². The van der Waals surface area contributed by atoms with Crippen molar-refractivity contribution < 1.29 is 51.5 Å². The first-order valence-electron chi connectivity index (χ1n) is 5.71. The fraction of sp³-hybridized carbons (Fsp3) is 0.400. The molecular weight excluding hydrogens is 394 g/mol. The zero-order chi connectivity index (χ0) is 18.8. The molecule has 0 atom stereocenters. The van der Waals surface area contributed by atoms with Crippen molar-refractivity contribution in [3.05, 3.63) is 29.8 Å². The summed E-state index contributed by atoms with van der Waals surface area (Å²) in [6.07, 6.45) is -0.332. The van der Waals surface area contributed by atoms with Gasteiger partial charge < -0.3 is 4.18 Å². The summed E-state index contributed by atoms with van der Waals surface area (Å²) in [4.78, 5) is 0. The van der Waals surface area contributed by atoms with Crippen LogP contribution in [-0.4, -0.2) is 34.5 Å². The minimum Gasteiger partial charge on any atom is -0.376 e. The van der Waals surface area contributed by atoms with Crippen molar-refractivity contribution in [1.82, 2.24) is 0 Å². The average Bonchev–Trinajstić information content (AvgIpc) is 2.37. The van der Waals surface area contributed by atoms with E-state index in [0.29, 0.717) is 0 Å². The summed E-state index contributed by atoms with van der Waals surface area (Å²) in [5, 5.41) is 0. The highest BCUT2D eigenvalue weighted by Gasteiger charge is 2.48. The Balaban J connectivity index is 2.67. The average molecular weight is 402 g/mol. The summed E-state index contributed by atoms with van der Waals surface area (Å²) in [5.41, 5.74) is -11.0. The number of benzene rings is 1. The third kappa shape index (κ3) is 5.24. The fourth-order valence-corrected chi connectivity index (χ4v) is 2.12. The Morgan fingerprint density at radius 3 is 1.67 bits per heavy atom. The summed E-state index contributed by atoms with van der Waals surface area (Å²) >= 11 is 0. The lowest BCUT2D eigenvalue weighted by Gasteiger charge is -2.10. The van der Waals surface area contributed by atoms with Crippen LogP contribution in [0.2, 0.25) is 0 Å². The van der Waals surface area contributed by atoms with Gasteiger partial charge in [0.05, 0.1) is 6.61 Å². The Morgan fingerprint density at radius 1 is 0.792 bits per heavy atom. The topological polar surface area (TPSA) is 86.7 Å². The van der Waals surface area contributed by atoms with Crippen LogP contribution in [0.5, 0.6) is 5.75 Å². The Labute approximate surface area is 132 Å². The van der Waals surface area contributed by atoms with Crippen LogP contribution < -0.4 is 4.18 Å². The van der Waals surface area contributed by atoms with Crippen molar-refractivity contribution in [3.8, 4) is 5.75 Å². The third-order valence-corrected chi connectivity index (χ3v) is 4.35. The molecule has 1 aromatic rings. The monoisotopic (exact) mass is 402 g/mol. The summed E-state index contributed by atoms with van der Waals surface area (Å²) in [6, 6.07) is 3.70. The molecule has 0 saturated carbocycles. The molecule has 14 heteroatoms. The second-order valence-electron chi connectivity index (χ2n) is 4.10. The van der Waals surface area contributed by atoms with Crippen LogP contribution in [0.15, 0.2) is 24.3 Å². The Hall–Kier alpha value is -1.54. The molecule has 0 aliphatic heterocycles. The maximum Gasteiger partial charge on any atom is 0.534 e. The first-order chi connectivity index (χ1) is 10.7. The van der Waals surface area contributed by atoms with Crippen molar-refractivity contribution >= 4 is 20.2 Å². The molecule has 0 aliphatic carbocycles. The molecule has 138 valence electrons. The van der Waals surface area contributed by atoms with Gasteiger partial charge >= 0.3 is 31.3 Å². The fourth-order valence-electron chi connectivity index (χ4n) is 1.22. The second-order valence-corrected chi connectivity index (χ2v) is 7.24. The van der Waals surface area contributed by atoms with Crippen LogP contribution in [0.25, 0.3) is 0 Å². The predicted molar refractivity (Wildman–Crippen MR) is 66.7 cm³/mol. The highest BCUT2D eigenvalue weighted by Crippen LogP contribution is 2.27. The standard InChI is InChI=1S/C10H8F6O6S2/c11-9(12,13)23(17,18)21-6-5-7-1-3-8(4-2-7)22-24(19,20)10(14,15)16/h1-4H,5-6H2. The molecule has 0 saturated heterocycles. The summed E-state index contributed by atoms with van der Waals surface area (Å²) in [7, 11) is -11.6. The predicted octanol–water partition coefficient (Wildman–Crippen LogP) is 2.32. The van der Waals surface area contributed by atoms with Crippen molar-refractivity contribution in [2.24, 2.45) is 0 Å². The maximum absolute atomic E-state index is 12.1. The van der Waals surface area contributed by atoms with Gasteiger partial charge in [0.25, 0.3) is 0 Å². The number of halogens is 6. The second kappa shape index (κ2) is 6.76. The van der Waals surface area contributed by atoms with E-state index in [0.717, 1.165) is 24.3 Å². The lowest BCUT2D eigenvalue weighted by Crippen LogP contribution is -2.28. The lowest BCUT2D eigenvalue weighted by molar-refractivity contribution is -0.0542. The van der Waals surface area contributed by atoms with Gasteiger partial charge in [0.15, 0.2) is 0 Å². The van der Waals surface area contributed by atoms with E-state index in [-0.39, 0.29) is 12.0 Å². The summed E-state index contributed by atoms with van der Waals surface area (Å²) < 4.78 is 122. The van der Waals surface area contributed by atoms with Gasteiger partial charge in [0.2, 0.25) is 0 Å². The first kappa shape index (κ1) is 20.5. The van der Waals surface area contributed by atoms with Gasteiger partial charge in [-0.25, -0.2) is 0 Å². The van der Waals surface area contributed by atoms with Crippen molar-refractivity contribution in [2.45, 2.75) is 17.4 Å². The minimum atomic E-state index is -5.85. The van der Waals surface area contributed by atoms with Crippen LogP contribution in [-0.2, 0) is 30.8 Å². The third-order valence-electron chi connectivity index (χ3n) is 2.33. The molecule has 0 amide bonds. The molecule has 24 heavy (non-hydrogen) atoms. The van der Waals surface area contributed by atoms with Gasteiger partial charge in [0, 0.05) is 0 Å². The lowest BCUT2D eigenvalue weighted by atomic mass is 10.2. The molecule has 0 unspecified atom stereocenters. The van der Waals surface area contributed by atoms with E-state index >= 15 is 0 Å². The Kier molecular flexibility index (Phi) is 5.77. The molecule has 0 fully saturated rings. The van der Waals surface area contributed by atoms with Gasteiger partial charge in [-0.3, -0.25) is 4.18 Å². The molecule has 0 aromatic heterocycles. The van der Waals surface area contributed by atoms with E-state index in [1.54, 1.807) is 0 Å². The van der Waals surface area contributed by atoms with E-state index in [1.807, 2.05) is 0 Å². The van der Waals surface area contributed by atoms with Crippen LogP contribution in [0, 0.1) is 0 Å². The summed E-state index contributed by atoms with van der Waals surface area (Å²) in [5.74, 6) is -0.681. The summed E-state index contributed by atoms with van der Waals surface area (Å²) in [6.45, 7) is -0.872. The molecular formula is C10H8F6O6S2. The number of hydrogen-bond acceptors (Lipinski definition) is 6. The first-order valence-corrected chi connectivity index (χ1v) is 8.53. The zero-order valence-corrected chi connectivity index (χ0v) is 12.9. The smallest absolute Gasteiger partial charge is 0.376 e. The maximum atomic E-state index is 12.1. The largest absolute Gasteiger partial charge is 0.534 e. The molecule has 0 N–H and O–H groups in total. The van der Waals surface area contributed by atoms with Crippen LogP contribution in [0.1, 0.15) is 5.56 Å². The van der Waals surface area contributed by atoms with Gasteiger partial charge in [-0.15, -0.1) is 0 Å². The number of rotatable bonds is 6. The molecule has 1 rings (SSSR count). The van der Waals surface area contributed by atoms with E-state index in [4.69, 9.17) is 0 Å². The van der Waals surface area contributed by atoms with E-state index in [1.165, 1.54) is 0 Å². The quantitative estimate of drug-likeness (QED) is 0.412. The number of hydrogen-bond donors (Lipinski definition) is 0. The molecule has 1 aromatic carbocycles. The SMILES string of the molecule is O=S(=O)(OCCc1ccc(OS(=O)(=O)C(F)(F)F)cc1)C(F)(F)F. The highest BCUT2D eigenvalue weighted by molar-refractivity contribution is 7.88. The van der Waals surface area contributed by atoms with Crippen LogP contribution in [0.4, 0.5) is 26.3 Å². The Morgan fingerprint density at radius 2 is 1.25 bits per heavy atom. The minimum absolute atomic E-state index is 0.170. The number of alkyl halides is 6.